The minimum Gasteiger partial charge on any atom is -0.472 e. The van der Waals surface area contributed by atoms with Crippen LogP contribution in [0.3, 0.4) is 0 Å². The summed E-state index contributed by atoms with van der Waals surface area (Å²) in [5, 5.41) is 10.4. The number of fused-ring (bicyclic) bond motifs is 1. The third kappa shape index (κ3) is 2.59. The van der Waals surface area contributed by atoms with E-state index in [-0.39, 0.29) is 16.6 Å². The molecule has 1 saturated carbocycles. The van der Waals surface area contributed by atoms with Crippen LogP contribution in [0.15, 0.2) is 34.7 Å². The van der Waals surface area contributed by atoms with Gasteiger partial charge in [0, 0.05) is 11.8 Å². The second-order valence-electron chi connectivity index (χ2n) is 8.33. The highest BCUT2D eigenvalue weighted by Crippen LogP contribution is 2.59. The normalized spacial score (nSPS) is 36.5. The van der Waals surface area contributed by atoms with Gasteiger partial charge >= 0.3 is 0 Å². The van der Waals surface area contributed by atoms with Crippen molar-refractivity contribution >= 4 is 5.78 Å². The summed E-state index contributed by atoms with van der Waals surface area (Å²) in [6.07, 6.45) is 8.46. The number of carbonyl (C=O) groups excluding carboxylic acids is 1. The third-order valence-electron chi connectivity index (χ3n) is 6.58. The summed E-state index contributed by atoms with van der Waals surface area (Å²) in [4.78, 5) is 12.5. The van der Waals surface area contributed by atoms with Crippen molar-refractivity contribution in [2.75, 3.05) is 0 Å². The van der Waals surface area contributed by atoms with Crippen molar-refractivity contribution in [3.05, 3.63) is 35.8 Å². The first-order valence-electron chi connectivity index (χ1n) is 8.65. The van der Waals surface area contributed by atoms with Gasteiger partial charge in [0.25, 0.3) is 0 Å². The van der Waals surface area contributed by atoms with E-state index >= 15 is 0 Å². The molecule has 2 aliphatic carbocycles. The molecule has 0 unspecified atom stereocenters. The maximum atomic E-state index is 12.5. The van der Waals surface area contributed by atoms with Gasteiger partial charge in [-0.15, -0.1) is 0 Å². The number of allylic oxidation sites excluding steroid dienone is 2. The fourth-order valence-corrected chi connectivity index (χ4v) is 5.26. The number of hydrogen-bond acceptors (Lipinski definition) is 3. The molecule has 3 heteroatoms. The predicted octanol–water partition coefficient (Wildman–Crippen LogP) is 4.16. The van der Waals surface area contributed by atoms with Crippen molar-refractivity contribution in [3.8, 4) is 0 Å². The van der Waals surface area contributed by atoms with Crippen LogP contribution in [0, 0.1) is 22.7 Å². The zero-order valence-electron chi connectivity index (χ0n) is 14.6. The summed E-state index contributed by atoms with van der Waals surface area (Å²) in [6.45, 7) is 8.57. The van der Waals surface area contributed by atoms with Crippen LogP contribution in [-0.4, -0.2) is 17.0 Å². The highest BCUT2D eigenvalue weighted by molar-refractivity contribution is 5.85. The lowest BCUT2D eigenvalue weighted by Gasteiger charge is -2.57. The van der Waals surface area contributed by atoms with Crippen LogP contribution in [0.2, 0.25) is 0 Å². The molecule has 0 aromatic carbocycles. The van der Waals surface area contributed by atoms with Crippen molar-refractivity contribution in [2.45, 2.75) is 59.5 Å². The number of hydrogen-bond donors (Lipinski definition) is 1. The number of ketones is 1. The molecule has 1 heterocycles. The standard InChI is InChI=1S/C20H28O3/c1-13-5-8-17-19(2,3)18(22)16(21)11-20(17,4)15(13)7-6-14-9-10-23-12-14/h5,9-10,12,15,17-18,22H,6-8,11H2,1-4H3/t15-,17-,18-,20+/m1/s1. The van der Waals surface area contributed by atoms with Gasteiger partial charge in [-0.25, -0.2) is 0 Å². The minimum absolute atomic E-state index is 0.0109. The SMILES string of the molecule is CC1=CC[C@@H]2C(C)(C)[C@H](O)C(=O)C[C@@]2(C)[C@@H]1CCc1ccoc1. The molecule has 1 aromatic rings. The van der Waals surface area contributed by atoms with Crippen LogP contribution < -0.4 is 0 Å². The second-order valence-corrected chi connectivity index (χ2v) is 8.33. The fraction of sp³-hybridized carbons (Fsp3) is 0.650. The number of carbonyl (C=O) groups is 1. The van der Waals surface area contributed by atoms with E-state index in [1.807, 2.05) is 6.07 Å². The molecule has 3 rings (SSSR count). The van der Waals surface area contributed by atoms with Gasteiger partial charge in [-0.05, 0) is 55.1 Å². The van der Waals surface area contributed by atoms with Crippen LogP contribution in [0.4, 0.5) is 0 Å². The van der Waals surface area contributed by atoms with Crippen LogP contribution in [0.1, 0.15) is 52.5 Å². The molecular weight excluding hydrogens is 288 g/mol. The van der Waals surface area contributed by atoms with Gasteiger partial charge in [-0.3, -0.25) is 4.79 Å². The van der Waals surface area contributed by atoms with Crippen molar-refractivity contribution in [1.29, 1.82) is 0 Å². The maximum absolute atomic E-state index is 12.5. The van der Waals surface area contributed by atoms with E-state index in [4.69, 9.17) is 4.42 Å². The predicted molar refractivity (Wildman–Crippen MR) is 89.9 cm³/mol. The van der Waals surface area contributed by atoms with Crippen LogP contribution in [0.5, 0.6) is 0 Å². The van der Waals surface area contributed by atoms with Crippen LogP contribution in [0.25, 0.3) is 0 Å². The summed E-state index contributed by atoms with van der Waals surface area (Å²) < 4.78 is 5.18. The third-order valence-corrected chi connectivity index (χ3v) is 6.58. The number of aliphatic hydroxyl groups is 1. The number of aryl methyl sites for hydroxylation is 1. The van der Waals surface area contributed by atoms with E-state index in [2.05, 4.69) is 33.8 Å². The molecule has 1 aromatic heterocycles. The van der Waals surface area contributed by atoms with Gasteiger partial charge in [0.15, 0.2) is 5.78 Å². The van der Waals surface area contributed by atoms with Crippen molar-refractivity contribution in [2.24, 2.45) is 22.7 Å². The fourth-order valence-electron chi connectivity index (χ4n) is 5.26. The van der Waals surface area contributed by atoms with Crippen molar-refractivity contribution < 1.29 is 14.3 Å². The highest BCUT2D eigenvalue weighted by Gasteiger charge is 2.57. The quantitative estimate of drug-likeness (QED) is 0.852. The largest absolute Gasteiger partial charge is 0.472 e. The van der Waals surface area contributed by atoms with E-state index in [1.165, 1.54) is 11.1 Å². The molecule has 0 aliphatic heterocycles. The summed E-state index contributed by atoms with van der Waals surface area (Å²) in [5.74, 6) is 0.726. The summed E-state index contributed by atoms with van der Waals surface area (Å²) in [6, 6.07) is 2.02. The molecule has 2 aliphatic rings. The van der Waals surface area contributed by atoms with Gasteiger partial charge in [0.05, 0.1) is 12.5 Å². The molecule has 0 amide bonds. The molecule has 3 nitrogen and oxygen atoms in total. The average molecular weight is 316 g/mol. The first kappa shape index (κ1) is 16.5. The smallest absolute Gasteiger partial charge is 0.162 e. The van der Waals surface area contributed by atoms with E-state index in [0.717, 1.165) is 19.3 Å². The second kappa shape index (κ2) is 5.62. The number of rotatable bonds is 3. The molecule has 0 bridgehead atoms. The monoisotopic (exact) mass is 316 g/mol. The van der Waals surface area contributed by atoms with Crippen LogP contribution >= 0.6 is 0 Å². The Morgan fingerprint density at radius 3 is 2.74 bits per heavy atom. The van der Waals surface area contributed by atoms with Gasteiger partial charge in [0.2, 0.25) is 0 Å². The summed E-state index contributed by atoms with van der Waals surface area (Å²) >= 11 is 0. The Balaban J connectivity index is 1.90. The molecule has 0 saturated heterocycles. The molecule has 0 spiro atoms. The maximum Gasteiger partial charge on any atom is 0.162 e. The molecular formula is C20H28O3. The Bertz CT molecular complexity index is 611. The van der Waals surface area contributed by atoms with E-state index < -0.39 is 6.10 Å². The molecule has 4 atom stereocenters. The molecule has 126 valence electrons. The van der Waals surface area contributed by atoms with E-state index in [0.29, 0.717) is 18.3 Å². The Hall–Kier alpha value is -1.35. The first-order chi connectivity index (χ1) is 10.8. The molecule has 0 radical (unpaired) electrons. The number of aliphatic hydroxyl groups excluding tert-OH is 1. The Labute approximate surface area is 138 Å². The highest BCUT2D eigenvalue weighted by atomic mass is 16.3. The van der Waals surface area contributed by atoms with Gasteiger partial charge in [-0.1, -0.05) is 32.4 Å². The van der Waals surface area contributed by atoms with Crippen LogP contribution in [-0.2, 0) is 11.2 Å². The topological polar surface area (TPSA) is 50.4 Å². The lowest BCUT2D eigenvalue weighted by atomic mass is 9.47. The van der Waals surface area contributed by atoms with E-state index in [1.54, 1.807) is 12.5 Å². The van der Waals surface area contributed by atoms with Crippen molar-refractivity contribution in [1.82, 2.24) is 0 Å². The van der Waals surface area contributed by atoms with Gasteiger partial charge in [-0.2, -0.15) is 0 Å². The molecule has 1 N–H and O–H groups in total. The number of furan rings is 1. The molecule has 1 fully saturated rings. The average Bonchev–Trinajstić information content (AvgIpc) is 2.97. The first-order valence-corrected chi connectivity index (χ1v) is 8.65. The lowest BCUT2D eigenvalue weighted by Crippen LogP contribution is -2.58. The Morgan fingerprint density at radius 1 is 1.35 bits per heavy atom. The zero-order valence-corrected chi connectivity index (χ0v) is 14.6. The number of Topliss-reactive ketones (excluding diaryl/α,β-unsaturated/α-hetero) is 1. The minimum atomic E-state index is -0.832. The van der Waals surface area contributed by atoms with E-state index in [9.17, 15) is 9.90 Å². The zero-order chi connectivity index (χ0) is 16.8. The lowest BCUT2D eigenvalue weighted by molar-refractivity contribution is -0.159. The summed E-state index contributed by atoms with van der Waals surface area (Å²) in [5.41, 5.74) is 2.18. The Kier molecular flexibility index (Phi) is 4.04. The van der Waals surface area contributed by atoms with Crippen molar-refractivity contribution in [3.63, 3.8) is 0 Å². The Morgan fingerprint density at radius 2 is 2.09 bits per heavy atom. The molecule has 23 heavy (non-hydrogen) atoms. The summed E-state index contributed by atoms with van der Waals surface area (Å²) in [7, 11) is 0. The van der Waals surface area contributed by atoms with Gasteiger partial charge < -0.3 is 9.52 Å². The van der Waals surface area contributed by atoms with Gasteiger partial charge in [0.1, 0.15) is 6.10 Å².